The van der Waals surface area contributed by atoms with Crippen LogP contribution in [0.4, 0.5) is 0 Å². The summed E-state index contributed by atoms with van der Waals surface area (Å²) in [5.74, 6) is 0. The summed E-state index contributed by atoms with van der Waals surface area (Å²) in [6.07, 6.45) is 40.1. The van der Waals surface area contributed by atoms with Gasteiger partial charge in [0.1, 0.15) is 0 Å². The van der Waals surface area contributed by atoms with E-state index in [1.807, 2.05) is 0 Å². The Bertz CT molecular complexity index is 806. The quantitative estimate of drug-likeness (QED) is 0.0480. The van der Waals surface area contributed by atoms with Crippen LogP contribution in [0.25, 0.3) is 0 Å². The second kappa shape index (κ2) is 52.0. The van der Waals surface area contributed by atoms with Crippen LogP contribution < -0.4 is 14.0 Å². The third kappa shape index (κ3) is 59.6. The van der Waals surface area contributed by atoms with Crippen LogP contribution in [0, 0.1) is 10.2 Å². The van der Waals surface area contributed by atoms with Crippen LogP contribution >= 0.6 is 28.6 Å². The van der Waals surface area contributed by atoms with Gasteiger partial charge in [-0.3, -0.25) is 0 Å². The van der Waals surface area contributed by atoms with Gasteiger partial charge in [-0.15, -0.1) is 0 Å². The van der Waals surface area contributed by atoms with E-state index in [1.54, 1.807) is 0 Å². The monoisotopic (exact) mass is 1030 g/mol. The van der Waals surface area contributed by atoms with Crippen molar-refractivity contribution in [3.05, 3.63) is 0 Å². The van der Waals surface area contributed by atoms with Gasteiger partial charge in [0.2, 0.25) is 0 Å². The fourth-order valence-electron chi connectivity index (χ4n) is 6.70. The minimum absolute atomic E-state index is 0. The number of rotatable bonds is 36. The summed E-state index contributed by atoms with van der Waals surface area (Å²) in [5.41, 5.74) is 0. The van der Waals surface area contributed by atoms with Crippen molar-refractivity contribution in [2.75, 3.05) is 73.9 Å². The average molecular weight is 1030 g/mol. The van der Waals surface area contributed by atoms with Gasteiger partial charge in [-0.1, -0.05) is 160 Å². The van der Waals surface area contributed by atoms with Crippen molar-refractivity contribution in [3.63, 3.8) is 0 Å². The van der Waals surface area contributed by atoms with E-state index < -0.39 is 38.8 Å². The molecule has 0 rings (SSSR count). The van der Waals surface area contributed by atoms with Crippen molar-refractivity contribution in [3.8, 4) is 0 Å². The Morgan fingerprint density at radius 3 is 0.387 bits per heavy atom. The molecule has 1 N–H and O–H groups in total. The van der Waals surface area contributed by atoms with E-state index in [0.29, 0.717) is 0 Å². The summed E-state index contributed by atoms with van der Waals surface area (Å²) in [4.78, 5) is 0. The van der Waals surface area contributed by atoms with E-state index in [1.165, 1.54) is 77.0 Å². The molecule has 0 heterocycles. The molecule has 0 aliphatic heterocycles. The van der Waals surface area contributed by atoms with E-state index in [-0.39, 0.29) is 17.1 Å². The molecule has 0 spiro atoms. The molecule has 0 bridgehead atoms. The molecule has 0 unspecified atom stereocenters. The fourth-order valence-corrected chi connectivity index (χ4v) is 20.1. The molecular weight excluding hydrogens is 920 g/mol. The van der Waals surface area contributed by atoms with Crippen molar-refractivity contribution in [1.82, 2.24) is 0 Å². The maximum Gasteiger partial charge on any atom is 3.00 e. The van der Waals surface area contributed by atoms with Gasteiger partial charge in [-0.25, -0.2) is 0 Å². The maximum absolute atomic E-state index is 12.5. The zero-order chi connectivity index (χ0) is 48.0. The van der Waals surface area contributed by atoms with Gasteiger partial charge in [-0.2, -0.15) is 14.0 Å². The van der Waals surface area contributed by atoms with Gasteiger partial charge in [0.25, 0.3) is 0 Å². The first-order valence-electron chi connectivity index (χ1n) is 25.6. The van der Waals surface area contributed by atoms with Crippen LogP contribution in [0.5, 0.6) is 0 Å². The van der Waals surface area contributed by atoms with E-state index >= 15 is 0 Å². The first-order chi connectivity index (χ1) is 28.7. The van der Waals surface area contributed by atoms with Crippen molar-refractivity contribution in [1.29, 1.82) is 0 Å². The summed E-state index contributed by atoms with van der Waals surface area (Å²) in [6, 6.07) is 0. The Hall–Kier alpha value is 1.57. The van der Waals surface area contributed by atoms with Gasteiger partial charge in [0.15, 0.2) is 0 Å². The molecule has 0 aromatic heterocycles. The number of hydrogen-bond acceptors (Lipinski definition) is 8. The first kappa shape index (κ1) is 75.1. The van der Waals surface area contributed by atoms with Crippen LogP contribution in [0.2, 0.25) is 0 Å². The van der Waals surface area contributed by atoms with Crippen molar-refractivity contribution >= 4 is 28.6 Å². The Morgan fingerprint density at radius 2 is 0.339 bits per heavy atom. The molecule has 0 amide bonds. The van der Waals surface area contributed by atoms with Crippen LogP contribution in [-0.4, -0.2) is 78.6 Å². The van der Waals surface area contributed by atoms with E-state index in [4.69, 9.17) is 18.6 Å². The molecule has 381 valence electrons. The van der Waals surface area contributed by atoms with Crippen molar-refractivity contribution in [2.24, 2.45) is 0 Å². The third-order valence-corrected chi connectivity index (χ3v) is 24.6. The number of halogens is 1. The van der Waals surface area contributed by atoms with Crippen LogP contribution in [-0.2, 0) is 35.3 Å². The largest absolute Gasteiger partial charge is 3.00 e. The Morgan fingerprint density at radius 1 is 0.274 bits per heavy atom. The van der Waals surface area contributed by atoms with E-state index in [0.717, 1.165) is 151 Å². The minimum atomic E-state index is -4.69. The van der Waals surface area contributed by atoms with E-state index in [2.05, 4.69) is 83.1 Å². The topological polar surface area (TPSA) is 158 Å². The third-order valence-electron chi connectivity index (χ3n) is 11.0. The second-order valence-corrected chi connectivity index (χ2v) is 32.2. The predicted molar refractivity (Wildman–Crippen MR) is 270 cm³/mol. The smallest absolute Gasteiger partial charge is 0.324 e. The molecule has 0 aliphatic rings. The Labute approximate surface area is 401 Å². The summed E-state index contributed by atoms with van der Waals surface area (Å²) in [6.45, 7) is 26.2. The molecule has 0 aromatic carbocycles. The molecule has 0 fully saturated rings. The van der Waals surface area contributed by atoms with Gasteiger partial charge < -0.3 is 18.3 Å². The molecule has 0 aromatic rings. The molecule has 0 saturated heterocycles. The molecule has 0 aliphatic carbocycles. The molecular formula is C48H109ClFeO8P4+3. The predicted octanol–water partition coefficient (Wildman–Crippen LogP) is 14.9. The van der Waals surface area contributed by atoms with Crippen LogP contribution in [0.15, 0.2) is 0 Å². The maximum atomic E-state index is 12.5. The van der Waals surface area contributed by atoms with Gasteiger partial charge in [-0.05, 0) is 77.0 Å². The van der Waals surface area contributed by atoms with Crippen molar-refractivity contribution in [2.45, 2.75) is 237 Å². The van der Waals surface area contributed by atoms with Crippen LogP contribution in [0.1, 0.15) is 237 Å². The van der Waals surface area contributed by atoms with Gasteiger partial charge >= 0.3 is 17.1 Å². The molecule has 62 heavy (non-hydrogen) atoms. The SMILES string of the molecule is CCCCP(=O)(CCCC)CCCC.CCCCP(=O)(CCCC)CCCC.CCCCP(=O)(CCCC)CCCC.CCCCP(=O)(CCCC)CCCC.[Fe+3].[O-][Cl+3]([O-])([O-])O. The molecule has 1 radical (unpaired) electrons. The zero-order valence-electron chi connectivity index (χ0n) is 43.3. The van der Waals surface area contributed by atoms with Crippen LogP contribution in [0.3, 0.4) is 0 Å². The van der Waals surface area contributed by atoms with E-state index in [9.17, 15) is 18.3 Å². The molecule has 0 saturated carbocycles. The fraction of sp³-hybridized carbons (Fsp3) is 1.00. The van der Waals surface area contributed by atoms with Gasteiger partial charge in [0, 0.05) is 73.9 Å². The normalized spacial score (nSPS) is 11.7. The molecule has 8 nitrogen and oxygen atoms in total. The molecule has 14 heteroatoms. The van der Waals surface area contributed by atoms with Gasteiger partial charge in [0.05, 0.1) is 43.5 Å². The summed E-state index contributed by atoms with van der Waals surface area (Å²) < 4.78 is 82.7. The average Bonchev–Trinajstić information content (AvgIpc) is 3.23. The number of hydrogen-bond donors (Lipinski definition) is 1. The summed E-state index contributed by atoms with van der Waals surface area (Å²) in [7, 11) is -11.8. The zero-order valence-corrected chi connectivity index (χ0v) is 48.7. The molecule has 0 atom stereocenters. The first-order valence-corrected chi connectivity index (χ1v) is 36.0. The Kier molecular flexibility index (Phi) is 62.9. The number of unbranched alkanes of at least 4 members (excludes halogenated alkanes) is 12. The van der Waals surface area contributed by atoms with Crippen molar-refractivity contribution < 1.29 is 64.2 Å². The minimum Gasteiger partial charge on any atom is -0.324 e. The standard InChI is InChI=1S/4C12H27OP.ClHO4.Fe/c4*1-4-7-10-14(13,11-8-5-2)12-9-6-3;2-1(3,4)5;/h4*4-12H2,1-3H3;(H,2,3,4,5);/q;;;;;+3. The Balaban J connectivity index is -0.000000161. The summed E-state index contributed by atoms with van der Waals surface area (Å²) in [5, 5.41) is 0. The second-order valence-electron chi connectivity index (χ2n) is 17.6. The summed E-state index contributed by atoms with van der Waals surface area (Å²) >= 11 is 0.